The predicted molar refractivity (Wildman–Crippen MR) is 76.0 cm³/mol. The minimum Gasteiger partial charge on any atom is -0.494 e. The molecule has 0 aliphatic carbocycles. The Morgan fingerprint density at radius 1 is 1.21 bits per heavy atom. The first kappa shape index (κ1) is 12.1. The highest BCUT2D eigenvalue weighted by Crippen LogP contribution is 2.21. The van der Waals surface area contributed by atoms with Crippen LogP contribution in [-0.2, 0) is 6.42 Å². The van der Waals surface area contributed by atoms with E-state index in [1.165, 1.54) is 5.56 Å². The average molecular weight is 273 g/mol. The molecule has 0 aliphatic heterocycles. The highest BCUT2D eigenvalue weighted by molar-refractivity contribution is 6.30. The van der Waals surface area contributed by atoms with Crippen LogP contribution in [0.5, 0.6) is 5.75 Å². The van der Waals surface area contributed by atoms with Gasteiger partial charge >= 0.3 is 0 Å². The summed E-state index contributed by atoms with van der Waals surface area (Å²) in [4.78, 5) is 4.47. The van der Waals surface area contributed by atoms with Crippen molar-refractivity contribution in [2.24, 2.45) is 0 Å². The molecule has 96 valence electrons. The molecule has 3 aromatic rings. The van der Waals surface area contributed by atoms with E-state index in [1.807, 2.05) is 53.2 Å². The molecule has 1 aromatic carbocycles. The second kappa shape index (κ2) is 4.94. The molecule has 0 bridgehead atoms. The summed E-state index contributed by atoms with van der Waals surface area (Å²) in [5, 5.41) is 0.749. The molecule has 0 unspecified atom stereocenters. The van der Waals surface area contributed by atoms with Crippen LogP contribution in [0.4, 0.5) is 0 Å². The molecule has 0 saturated carbocycles. The minimum atomic E-state index is 0.749. The Morgan fingerprint density at radius 3 is 2.74 bits per heavy atom. The summed E-state index contributed by atoms with van der Waals surface area (Å²) >= 11 is 5.89. The first-order valence-electron chi connectivity index (χ1n) is 6.01. The maximum atomic E-state index is 5.89. The summed E-state index contributed by atoms with van der Waals surface area (Å²) in [6.07, 6.45) is 4.60. The van der Waals surface area contributed by atoms with Crippen molar-refractivity contribution in [2.75, 3.05) is 7.11 Å². The van der Waals surface area contributed by atoms with E-state index in [2.05, 4.69) is 4.98 Å². The normalized spacial score (nSPS) is 10.8. The molecule has 2 aromatic heterocycles. The molecule has 0 N–H and O–H groups in total. The molecule has 0 aliphatic rings. The van der Waals surface area contributed by atoms with Gasteiger partial charge < -0.3 is 9.14 Å². The van der Waals surface area contributed by atoms with E-state index in [0.29, 0.717) is 0 Å². The fraction of sp³-hybridized carbons (Fsp3) is 0.133. The fourth-order valence-corrected chi connectivity index (χ4v) is 2.26. The van der Waals surface area contributed by atoms with E-state index in [0.717, 1.165) is 28.5 Å². The van der Waals surface area contributed by atoms with Crippen LogP contribution >= 0.6 is 11.6 Å². The number of aromatic nitrogens is 2. The van der Waals surface area contributed by atoms with Gasteiger partial charge in [0.1, 0.15) is 17.1 Å². The van der Waals surface area contributed by atoms with E-state index >= 15 is 0 Å². The maximum Gasteiger partial charge on any atom is 0.144 e. The van der Waals surface area contributed by atoms with E-state index in [9.17, 15) is 0 Å². The second-order valence-electron chi connectivity index (χ2n) is 4.31. The topological polar surface area (TPSA) is 26.5 Å². The molecule has 0 atom stereocenters. The van der Waals surface area contributed by atoms with Gasteiger partial charge in [-0.05, 0) is 29.8 Å². The molecule has 0 radical (unpaired) electrons. The summed E-state index contributed by atoms with van der Waals surface area (Å²) in [6, 6.07) is 11.7. The summed E-state index contributed by atoms with van der Waals surface area (Å²) in [5.41, 5.74) is 2.16. The largest absolute Gasteiger partial charge is 0.494 e. The van der Waals surface area contributed by atoms with Gasteiger partial charge in [0, 0.05) is 17.6 Å². The minimum absolute atomic E-state index is 0.749. The quantitative estimate of drug-likeness (QED) is 0.728. The Labute approximate surface area is 116 Å². The highest BCUT2D eigenvalue weighted by atomic mass is 35.5. The molecule has 0 spiro atoms. The third-order valence-electron chi connectivity index (χ3n) is 3.10. The van der Waals surface area contributed by atoms with E-state index in [1.54, 1.807) is 7.11 Å². The van der Waals surface area contributed by atoms with Crippen molar-refractivity contribution in [3.8, 4) is 5.75 Å². The second-order valence-corrected chi connectivity index (χ2v) is 4.75. The molecule has 0 fully saturated rings. The average Bonchev–Trinajstić information content (AvgIpc) is 2.84. The number of imidazole rings is 1. The maximum absolute atomic E-state index is 5.89. The lowest BCUT2D eigenvalue weighted by Crippen LogP contribution is -1.97. The SMILES string of the molecule is COc1cccn2c(Cc3ccc(Cl)cc3)ncc12. The van der Waals surface area contributed by atoms with Gasteiger partial charge in [-0.3, -0.25) is 0 Å². The van der Waals surface area contributed by atoms with Gasteiger partial charge in [0.25, 0.3) is 0 Å². The number of pyridine rings is 1. The number of hydrogen-bond acceptors (Lipinski definition) is 2. The van der Waals surface area contributed by atoms with Crippen LogP contribution in [0.25, 0.3) is 5.52 Å². The van der Waals surface area contributed by atoms with Crippen molar-refractivity contribution < 1.29 is 4.74 Å². The molecular weight excluding hydrogens is 260 g/mol. The van der Waals surface area contributed by atoms with Crippen molar-refractivity contribution in [3.05, 3.63) is 65.2 Å². The monoisotopic (exact) mass is 272 g/mol. The molecule has 3 rings (SSSR count). The molecule has 2 heterocycles. The van der Waals surface area contributed by atoms with E-state index in [4.69, 9.17) is 16.3 Å². The zero-order valence-corrected chi connectivity index (χ0v) is 11.3. The van der Waals surface area contributed by atoms with Crippen molar-refractivity contribution >= 4 is 17.1 Å². The third-order valence-corrected chi connectivity index (χ3v) is 3.36. The molecular formula is C15H13ClN2O. The first-order chi connectivity index (χ1) is 9.28. The first-order valence-corrected chi connectivity index (χ1v) is 6.39. The van der Waals surface area contributed by atoms with Crippen molar-refractivity contribution in [1.29, 1.82) is 0 Å². The summed E-state index contributed by atoms with van der Waals surface area (Å²) in [6.45, 7) is 0. The standard InChI is InChI=1S/C15H13ClN2O/c1-19-14-3-2-8-18-13(14)10-17-15(18)9-11-4-6-12(16)7-5-11/h2-8,10H,9H2,1H3. The van der Waals surface area contributed by atoms with Gasteiger partial charge in [-0.15, -0.1) is 0 Å². The molecule has 0 amide bonds. The highest BCUT2D eigenvalue weighted by Gasteiger charge is 2.08. The Kier molecular flexibility index (Phi) is 3.13. The number of hydrogen-bond donors (Lipinski definition) is 0. The number of rotatable bonds is 3. The number of ether oxygens (including phenoxy) is 1. The number of nitrogens with zero attached hydrogens (tertiary/aromatic N) is 2. The zero-order chi connectivity index (χ0) is 13.2. The van der Waals surface area contributed by atoms with Crippen molar-refractivity contribution in [1.82, 2.24) is 9.38 Å². The Hall–Kier alpha value is -2.00. The fourth-order valence-electron chi connectivity index (χ4n) is 2.14. The number of halogens is 1. The van der Waals surface area contributed by atoms with Crippen LogP contribution in [-0.4, -0.2) is 16.5 Å². The summed E-state index contributed by atoms with van der Waals surface area (Å²) in [7, 11) is 1.67. The van der Waals surface area contributed by atoms with Crippen LogP contribution in [0.2, 0.25) is 5.02 Å². The third kappa shape index (κ3) is 2.29. The van der Waals surface area contributed by atoms with Crippen LogP contribution in [0.1, 0.15) is 11.4 Å². The molecule has 4 heteroatoms. The van der Waals surface area contributed by atoms with Gasteiger partial charge in [-0.1, -0.05) is 23.7 Å². The molecule has 3 nitrogen and oxygen atoms in total. The Morgan fingerprint density at radius 2 is 2.00 bits per heavy atom. The lowest BCUT2D eigenvalue weighted by Gasteiger charge is -2.05. The Bertz CT molecular complexity index is 704. The van der Waals surface area contributed by atoms with Gasteiger partial charge in [0.15, 0.2) is 0 Å². The lowest BCUT2D eigenvalue weighted by atomic mass is 10.1. The molecule has 19 heavy (non-hydrogen) atoms. The Balaban J connectivity index is 1.99. The summed E-state index contributed by atoms with van der Waals surface area (Å²) in [5.74, 6) is 1.81. The van der Waals surface area contributed by atoms with Gasteiger partial charge in [0.2, 0.25) is 0 Å². The zero-order valence-electron chi connectivity index (χ0n) is 10.5. The number of benzene rings is 1. The van der Waals surface area contributed by atoms with Gasteiger partial charge in [-0.2, -0.15) is 0 Å². The van der Waals surface area contributed by atoms with Crippen LogP contribution in [0.15, 0.2) is 48.8 Å². The predicted octanol–water partition coefficient (Wildman–Crippen LogP) is 3.59. The van der Waals surface area contributed by atoms with E-state index in [-0.39, 0.29) is 0 Å². The van der Waals surface area contributed by atoms with Crippen molar-refractivity contribution in [3.63, 3.8) is 0 Å². The number of fused-ring (bicyclic) bond motifs is 1. The van der Waals surface area contributed by atoms with Crippen LogP contribution in [0.3, 0.4) is 0 Å². The summed E-state index contributed by atoms with van der Waals surface area (Å²) < 4.78 is 7.38. The lowest BCUT2D eigenvalue weighted by molar-refractivity contribution is 0.418. The smallest absolute Gasteiger partial charge is 0.144 e. The van der Waals surface area contributed by atoms with Crippen molar-refractivity contribution in [2.45, 2.75) is 6.42 Å². The number of methoxy groups -OCH3 is 1. The van der Waals surface area contributed by atoms with Gasteiger partial charge in [-0.25, -0.2) is 4.98 Å². The van der Waals surface area contributed by atoms with Crippen LogP contribution < -0.4 is 4.74 Å². The van der Waals surface area contributed by atoms with Crippen LogP contribution in [0, 0.1) is 0 Å². The van der Waals surface area contributed by atoms with Gasteiger partial charge in [0.05, 0.1) is 13.3 Å². The molecule has 0 saturated heterocycles. The van der Waals surface area contributed by atoms with E-state index < -0.39 is 0 Å².